The SMILES string of the molecule is C=Cc1cccc2c1-c1ccc(CS(N)(=O)=O)cc1C(c1ccc(Br)s1)O2. The van der Waals surface area contributed by atoms with Gasteiger partial charge in [0.25, 0.3) is 0 Å². The van der Waals surface area contributed by atoms with Gasteiger partial charge >= 0.3 is 0 Å². The van der Waals surface area contributed by atoms with Gasteiger partial charge < -0.3 is 4.74 Å². The van der Waals surface area contributed by atoms with Crippen LogP contribution in [0.5, 0.6) is 5.75 Å². The number of halogens is 1. The second kappa shape index (κ2) is 6.91. The maximum Gasteiger partial charge on any atom is 0.213 e. The van der Waals surface area contributed by atoms with Crippen molar-refractivity contribution < 1.29 is 13.2 Å². The lowest BCUT2D eigenvalue weighted by atomic mass is 9.88. The van der Waals surface area contributed by atoms with Gasteiger partial charge in [0.15, 0.2) is 6.10 Å². The van der Waals surface area contributed by atoms with Gasteiger partial charge in [0, 0.05) is 11.1 Å². The first-order chi connectivity index (χ1) is 12.9. The predicted molar refractivity (Wildman–Crippen MR) is 113 cm³/mol. The molecule has 4 rings (SSSR count). The number of benzene rings is 2. The Bertz CT molecular complexity index is 1150. The quantitative estimate of drug-likeness (QED) is 0.587. The molecule has 27 heavy (non-hydrogen) atoms. The van der Waals surface area contributed by atoms with Crippen molar-refractivity contribution in [1.29, 1.82) is 0 Å². The van der Waals surface area contributed by atoms with E-state index in [1.54, 1.807) is 23.5 Å². The van der Waals surface area contributed by atoms with Crippen LogP contribution in [0.25, 0.3) is 17.2 Å². The van der Waals surface area contributed by atoms with Crippen LogP contribution in [0.3, 0.4) is 0 Å². The molecule has 2 heterocycles. The molecule has 0 fully saturated rings. The Morgan fingerprint density at radius 1 is 1.22 bits per heavy atom. The minimum Gasteiger partial charge on any atom is -0.479 e. The van der Waals surface area contributed by atoms with Gasteiger partial charge in [0.05, 0.1) is 14.4 Å². The van der Waals surface area contributed by atoms with Crippen molar-refractivity contribution in [2.45, 2.75) is 11.9 Å². The minimum absolute atomic E-state index is 0.211. The van der Waals surface area contributed by atoms with Gasteiger partial charge in [-0.1, -0.05) is 43.0 Å². The highest BCUT2D eigenvalue weighted by Gasteiger charge is 2.30. The molecule has 0 saturated heterocycles. The minimum atomic E-state index is -3.62. The number of rotatable bonds is 4. The molecular weight excluding hydrogens is 446 g/mol. The van der Waals surface area contributed by atoms with Crippen molar-refractivity contribution >= 4 is 43.4 Å². The number of hydrogen-bond acceptors (Lipinski definition) is 4. The molecule has 2 aromatic carbocycles. The largest absolute Gasteiger partial charge is 0.479 e. The monoisotopic (exact) mass is 461 g/mol. The lowest BCUT2D eigenvalue weighted by Crippen LogP contribution is -2.17. The van der Waals surface area contributed by atoms with Crippen LogP contribution in [0.4, 0.5) is 0 Å². The van der Waals surface area contributed by atoms with E-state index in [9.17, 15) is 8.42 Å². The lowest BCUT2D eigenvalue weighted by Gasteiger charge is -2.30. The zero-order chi connectivity index (χ0) is 19.2. The van der Waals surface area contributed by atoms with Gasteiger partial charge in [-0.3, -0.25) is 0 Å². The number of thiophene rings is 1. The molecule has 0 amide bonds. The van der Waals surface area contributed by atoms with Crippen LogP contribution in [0, 0.1) is 0 Å². The molecule has 0 bridgehead atoms. The fourth-order valence-corrected chi connectivity index (χ4v) is 5.47. The number of primary sulfonamides is 1. The number of fused-ring (bicyclic) bond motifs is 3. The summed E-state index contributed by atoms with van der Waals surface area (Å²) in [6, 6.07) is 15.5. The lowest BCUT2D eigenvalue weighted by molar-refractivity contribution is 0.247. The highest BCUT2D eigenvalue weighted by Crippen LogP contribution is 2.48. The first-order valence-corrected chi connectivity index (χ1v) is 11.5. The molecule has 0 radical (unpaired) electrons. The van der Waals surface area contributed by atoms with Crippen LogP contribution in [0.2, 0.25) is 0 Å². The molecule has 4 nitrogen and oxygen atoms in total. The van der Waals surface area contributed by atoms with E-state index >= 15 is 0 Å². The summed E-state index contributed by atoms with van der Waals surface area (Å²) < 4.78 is 30.5. The standard InChI is InChI=1S/C20H16BrNO3S2/c1-2-13-4-3-5-16-19(13)14-7-6-12(11-27(22,23)24)10-15(14)20(25-16)17-8-9-18(21)26-17/h2-10,20H,1,11H2,(H2,22,23,24). The van der Waals surface area contributed by atoms with Gasteiger partial charge in [0.2, 0.25) is 10.0 Å². The van der Waals surface area contributed by atoms with Crippen LogP contribution in [0.1, 0.15) is 27.7 Å². The molecule has 1 aromatic heterocycles. The predicted octanol–water partition coefficient (Wildman–Crippen LogP) is 5.09. The number of sulfonamides is 1. The fourth-order valence-electron chi connectivity index (χ4n) is 3.35. The van der Waals surface area contributed by atoms with Crippen molar-refractivity contribution in [1.82, 2.24) is 0 Å². The first kappa shape index (κ1) is 18.4. The maximum absolute atomic E-state index is 11.6. The zero-order valence-corrected chi connectivity index (χ0v) is 17.4. The molecule has 7 heteroatoms. The third kappa shape index (κ3) is 3.60. The summed E-state index contributed by atoms with van der Waals surface area (Å²) in [6.45, 7) is 3.90. The van der Waals surface area contributed by atoms with Gasteiger partial charge in [-0.25, -0.2) is 13.6 Å². The first-order valence-electron chi connectivity index (χ1n) is 8.17. The van der Waals surface area contributed by atoms with E-state index in [0.29, 0.717) is 5.56 Å². The molecule has 1 aliphatic heterocycles. The van der Waals surface area contributed by atoms with Crippen molar-refractivity contribution in [3.05, 3.63) is 80.5 Å². The normalized spacial score (nSPS) is 15.6. The van der Waals surface area contributed by atoms with E-state index in [2.05, 4.69) is 22.5 Å². The van der Waals surface area contributed by atoms with E-state index in [1.165, 1.54) is 0 Å². The number of nitrogens with two attached hydrogens (primary N) is 1. The Balaban J connectivity index is 1.94. The highest BCUT2D eigenvalue weighted by atomic mass is 79.9. The van der Waals surface area contributed by atoms with E-state index in [4.69, 9.17) is 9.88 Å². The molecule has 2 N–H and O–H groups in total. The third-order valence-corrected chi connectivity index (χ3v) is 6.81. The molecule has 0 saturated carbocycles. The fraction of sp³-hybridized carbons (Fsp3) is 0.100. The summed E-state index contributed by atoms with van der Waals surface area (Å²) in [4.78, 5) is 1.03. The summed E-state index contributed by atoms with van der Waals surface area (Å²) in [6.07, 6.45) is 1.48. The molecule has 138 valence electrons. The Hall–Kier alpha value is -1.93. The molecule has 1 aliphatic rings. The van der Waals surface area contributed by atoms with Gasteiger partial charge in [-0.2, -0.15) is 0 Å². The third-order valence-electron chi connectivity index (χ3n) is 4.41. The number of hydrogen-bond donors (Lipinski definition) is 1. The van der Waals surface area contributed by atoms with Crippen molar-refractivity contribution in [3.8, 4) is 16.9 Å². The Kier molecular flexibility index (Phi) is 4.71. The summed E-state index contributed by atoms with van der Waals surface area (Å²) >= 11 is 5.09. The molecular formula is C20H16BrNO3S2. The summed E-state index contributed by atoms with van der Waals surface area (Å²) in [5.74, 6) is 0.575. The smallest absolute Gasteiger partial charge is 0.213 e. The number of ether oxygens (including phenoxy) is 1. The van der Waals surface area contributed by atoms with E-state index in [0.717, 1.165) is 36.7 Å². The van der Waals surface area contributed by atoms with Crippen LogP contribution in [0.15, 0.2) is 58.9 Å². The van der Waals surface area contributed by atoms with E-state index < -0.39 is 10.0 Å². The van der Waals surface area contributed by atoms with Crippen molar-refractivity contribution in [2.75, 3.05) is 0 Å². The summed E-state index contributed by atoms with van der Waals surface area (Å²) in [7, 11) is -3.62. The van der Waals surface area contributed by atoms with Gasteiger partial charge in [-0.05, 0) is 50.8 Å². The average molecular weight is 462 g/mol. The second-order valence-electron chi connectivity index (χ2n) is 6.29. The Morgan fingerprint density at radius 3 is 2.70 bits per heavy atom. The molecule has 1 unspecified atom stereocenters. The van der Waals surface area contributed by atoms with Gasteiger partial charge in [0.1, 0.15) is 5.75 Å². The van der Waals surface area contributed by atoms with Crippen molar-refractivity contribution in [3.63, 3.8) is 0 Å². The van der Waals surface area contributed by atoms with Crippen LogP contribution in [-0.2, 0) is 15.8 Å². The van der Waals surface area contributed by atoms with E-state index in [-0.39, 0.29) is 11.9 Å². The molecule has 3 aromatic rings. The van der Waals surface area contributed by atoms with Crippen LogP contribution >= 0.6 is 27.3 Å². The van der Waals surface area contributed by atoms with Gasteiger partial charge in [-0.15, -0.1) is 11.3 Å². The highest BCUT2D eigenvalue weighted by molar-refractivity contribution is 9.11. The average Bonchev–Trinajstić information content (AvgIpc) is 3.05. The summed E-state index contributed by atoms with van der Waals surface area (Å²) in [5, 5.41) is 5.24. The summed E-state index contributed by atoms with van der Waals surface area (Å²) in [5.41, 5.74) is 4.52. The molecule has 0 spiro atoms. The molecule has 1 atom stereocenters. The Labute approximate surface area is 170 Å². The van der Waals surface area contributed by atoms with Crippen molar-refractivity contribution in [2.24, 2.45) is 5.14 Å². The topological polar surface area (TPSA) is 69.4 Å². The van der Waals surface area contributed by atoms with Crippen LogP contribution < -0.4 is 9.88 Å². The molecule has 0 aliphatic carbocycles. The van der Waals surface area contributed by atoms with E-state index in [1.807, 2.05) is 42.5 Å². The second-order valence-corrected chi connectivity index (χ2v) is 10.4. The zero-order valence-electron chi connectivity index (χ0n) is 14.2. The Morgan fingerprint density at radius 2 is 2.04 bits per heavy atom. The van der Waals surface area contributed by atoms with Crippen LogP contribution in [-0.4, -0.2) is 8.42 Å². The maximum atomic E-state index is 11.6.